The van der Waals surface area contributed by atoms with Crippen molar-refractivity contribution in [3.8, 4) is 0 Å². The van der Waals surface area contributed by atoms with E-state index in [0.717, 1.165) is 48.5 Å². The summed E-state index contributed by atoms with van der Waals surface area (Å²) in [6, 6.07) is -3.22. The van der Waals surface area contributed by atoms with Gasteiger partial charge < -0.3 is 67.5 Å². The van der Waals surface area contributed by atoms with Crippen LogP contribution in [0, 0.1) is 0 Å². The van der Waals surface area contributed by atoms with Crippen molar-refractivity contribution in [3.63, 3.8) is 0 Å². The number of carbonyl (C=O) groups is 9. The van der Waals surface area contributed by atoms with Gasteiger partial charge in [0.2, 0.25) is 5.91 Å². The van der Waals surface area contributed by atoms with Gasteiger partial charge in [0, 0.05) is 48.5 Å². The molecule has 2 saturated heterocycles. The Kier molecular flexibility index (Phi) is 20.0. The van der Waals surface area contributed by atoms with Gasteiger partial charge in [-0.05, 0) is 27.7 Å². The van der Waals surface area contributed by atoms with Crippen LogP contribution in [0.2, 0.25) is 0 Å². The molecule has 2 heterocycles. The first kappa shape index (κ1) is 51.8. The van der Waals surface area contributed by atoms with Gasteiger partial charge in [0.15, 0.2) is 43.0 Å². The monoisotopic (exact) mass is 876 g/mol. The second-order valence-corrected chi connectivity index (χ2v) is 14.7. The van der Waals surface area contributed by atoms with Crippen molar-refractivity contribution in [1.29, 1.82) is 0 Å². The Bertz CT molecular complexity index is 1610. The third-order valence-electron chi connectivity index (χ3n) is 8.09. The summed E-state index contributed by atoms with van der Waals surface area (Å²) in [6.45, 7) is 15.3. The van der Waals surface area contributed by atoms with E-state index in [9.17, 15) is 43.2 Å². The number of esters is 7. The number of amides is 2. The number of carbonyl (C=O) groups excluding carboxylic acids is 9. The Morgan fingerprint density at radius 2 is 1.10 bits per heavy atom. The standard InChI is InChI=1S/C38H56N2O21/c1-13-14-50-37(49)40-27(34(48)61-38(10,11)12)17(2)53-35-28(39-18(3)41)31(29(54-21(6)44)25(58-35)15-51-19(4)42)60-36-33(57-24(9)47)32(56-23(8)46)30(55-22(7)45)26(59-36)16-52-20(5)43/h13,17,25-33,35-36H,1,14-16H2,2-12H3,(H,39,41)(H,40,49)/t17-,25-,26-,27+,28-,29+,30+,31-,32+,33-,35+,36+/m1/s1. The third-order valence-corrected chi connectivity index (χ3v) is 8.09. The van der Waals surface area contributed by atoms with Crippen LogP contribution in [0.15, 0.2) is 12.7 Å². The Labute approximate surface area is 351 Å². The van der Waals surface area contributed by atoms with Gasteiger partial charge in [-0.15, -0.1) is 0 Å². The SMILES string of the molecule is C=CCOC(=O)N[C@H](C(=O)OC(C)(C)C)[C@@H](C)O[C@H]1O[C@H](COC(C)=O)[C@H](OC(C)=O)[C@H](O[C@@H]2O[C@H](COC(C)=O)[C@H](OC(C)=O)[C@H](OC(C)=O)[C@H]2OC(C)=O)[C@H]1NC(C)=O. The fraction of sp³-hybridized carbons (Fsp3) is 0.711. The zero-order valence-corrected chi connectivity index (χ0v) is 35.9. The van der Waals surface area contributed by atoms with Crippen molar-refractivity contribution in [1.82, 2.24) is 10.6 Å². The first-order valence-corrected chi connectivity index (χ1v) is 18.9. The van der Waals surface area contributed by atoms with Gasteiger partial charge in [0.1, 0.15) is 49.8 Å². The van der Waals surface area contributed by atoms with Gasteiger partial charge in [0.25, 0.3) is 0 Å². The molecular formula is C38H56N2O21. The Morgan fingerprint density at radius 3 is 1.54 bits per heavy atom. The van der Waals surface area contributed by atoms with Crippen molar-refractivity contribution >= 4 is 53.8 Å². The molecule has 2 rings (SSSR count). The van der Waals surface area contributed by atoms with Gasteiger partial charge in [-0.1, -0.05) is 12.7 Å². The lowest BCUT2D eigenvalue weighted by Crippen LogP contribution is -2.70. The molecule has 0 aromatic rings. The molecule has 2 N–H and O–H groups in total. The van der Waals surface area contributed by atoms with Crippen molar-refractivity contribution in [2.45, 2.75) is 155 Å². The molecule has 2 aliphatic heterocycles. The second-order valence-electron chi connectivity index (χ2n) is 14.7. The molecule has 0 aliphatic carbocycles. The molecule has 0 aromatic heterocycles. The van der Waals surface area contributed by atoms with Crippen LogP contribution in [0.4, 0.5) is 4.79 Å². The molecule has 0 saturated carbocycles. The molecule has 2 amide bonds. The summed E-state index contributed by atoms with van der Waals surface area (Å²) >= 11 is 0. The van der Waals surface area contributed by atoms with Crippen LogP contribution in [0.3, 0.4) is 0 Å². The highest BCUT2D eigenvalue weighted by Crippen LogP contribution is 2.35. The molecule has 0 bridgehead atoms. The smallest absolute Gasteiger partial charge is 0.408 e. The van der Waals surface area contributed by atoms with E-state index < -0.39 is 146 Å². The summed E-state index contributed by atoms with van der Waals surface area (Å²) in [5, 5.41) is 4.95. The van der Waals surface area contributed by atoms with E-state index in [2.05, 4.69) is 17.2 Å². The van der Waals surface area contributed by atoms with Crippen LogP contribution < -0.4 is 10.6 Å². The highest BCUT2D eigenvalue weighted by molar-refractivity contribution is 5.82. The lowest BCUT2D eigenvalue weighted by atomic mass is 9.94. The lowest BCUT2D eigenvalue weighted by molar-refractivity contribution is -0.349. The molecule has 23 nitrogen and oxygen atoms in total. The van der Waals surface area contributed by atoms with Crippen LogP contribution in [-0.2, 0) is 95.2 Å². The maximum atomic E-state index is 13.5. The topological polar surface area (TPSA) is 288 Å². The quantitative estimate of drug-likeness (QED) is 0.106. The average Bonchev–Trinajstić information content (AvgIpc) is 3.10. The summed E-state index contributed by atoms with van der Waals surface area (Å²) in [6.07, 6.45) is -16.3. The van der Waals surface area contributed by atoms with Crippen molar-refractivity contribution in [3.05, 3.63) is 12.7 Å². The van der Waals surface area contributed by atoms with E-state index in [1.165, 1.54) is 13.0 Å². The van der Waals surface area contributed by atoms with Crippen molar-refractivity contribution in [2.75, 3.05) is 19.8 Å². The van der Waals surface area contributed by atoms with Crippen LogP contribution >= 0.6 is 0 Å². The summed E-state index contributed by atoms with van der Waals surface area (Å²) in [4.78, 5) is 113. The van der Waals surface area contributed by atoms with Crippen molar-refractivity contribution < 1.29 is 100.0 Å². The van der Waals surface area contributed by atoms with E-state index in [-0.39, 0.29) is 6.61 Å². The summed E-state index contributed by atoms with van der Waals surface area (Å²) in [5.41, 5.74) is -1.06. The molecule has 2 aliphatic rings. The largest absolute Gasteiger partial charge is 0.463 e. The number of alkyl carbamates (subject to hydrolysis) is 1. The van der Waals surface area contributed by atoms with Gasteiger partial charge >= 0.3 is 47.9 Å². The summed E-state index contributed by atoms with van der Waals surface area (Å²) in [5.74, 6) is -7.09. The first-order chi connectivity index (χ1) is 28.3. The normalized spacial score (nSPS) is 27.0. The average molecular weight is 877 g/mol. The van der Waals surface area contributed by atoms with Gasteiger partial charge in [0.05, 0.1) is 6.10 Å². The van der Waals surface area contributed by atoms with E-state index in [1.54, 1.807) is 20.8 Å². The Balaban J connectivity index is 2.86. The van der Waals surface area contributed by atoms with E-state index >= 15 is 0 Å². The fourth-order valence-electron chi connectivity index (χ4n) is 6.02. The molecule has 0 spiro atoms. The van der Waals surface area contributed by atoms with Crippen molar-refractivity contribution in [2.24, 2.45) is 0 Å². The predicted octanol–water partition coefficient (Wildman–Crippen LogP) is 0.207. The van der Waals surface area contributed by atoms with E-state index in [1.807, 2.05) is 0 Å². The number of hydrogen-bond acceptors (Lipinski definition) is 21. The molecular weight excluding hydrogens is 820 g/mol. The highest BCUT2D eigenvalue weighted by atomic mass is 16.8. The first-order valence-electron chi connectivity index (χ1n) is 18.9. The predicted molar refractivity (Wildman–Crippen MR) is 200 cm³/mol. The summed E-state index contributed by atoms with van der Waals surface area (Å²) in [7, 11) is 0. The fourth-order valence-corrected chi connectivity index (χ4v) is 6.02. The minimum atomic E-state index is -1.92. The van der Waals surface area contributed by atoms with E-state index in [0.29, 0.717) is 0 Å². The van der Waals surface area contributed by atoms with Crippen LogP contribution in [0.25, 0.3) is 0 Å². The van der Waals surface area contributed by atoms with Crippen LogP contribution in [0.1, 0.15) is 76.2 Å². The van der Waals surface area contributed by atoms with E-state index in [4.69, 9.17) is 56.8 Å². The molecule has 0 aromatic carbocycles. The number of nitrogens with one attached hydrogen (secondary N) is 2. The summed E-state index contributed by atoms with van der Waals surface area (Å²) < 4.78 is 68.0. The molecule has 2 fully saturated rings. The maximum Gasteiger partial charge on any atom is 0.408 e. The third kappa shape index (κ3) is 17.2. The lowest BCUT2D eigenvalue weighted by Gasteiger charge is -2.49. The van der Waals surface area contributed by atoms with Gasteiger partial charge in [-0.2, -0.15) is 0 Å². The Hall–Kier alpha value is -5.39. The minimum absolute atomic E-state index is 0.230. The highest BCUT2D eigenvalue weighted by Gasteiger charge is 2.57. The number of hydrogen-bond donors (Lipinski definition) is 2. The van der Waals surface area contributed by atoms with Gasteiger partial charge in [-0.25, -0.2) is 9.59 Å². The number of ether oxygens (including phenoxy) is 12. The molecule has 0 radical (unpaired) electrons. The second kappa shape index (κ2) is 23.6. The zero-order valence-electron chi connectivity index (χ0n) is 35.9. The molecule has 0 unspecified atom stereocenters. The van der Waals surface area contributed by atoms with Gasteiger partial charge in [-0.3, -0.25) is 33.6 Å². The number of rotatable bonds is 18. The van der Waals surface area contributed by atoms with Crippen LogP contribution in [0.5, 0.6) is 0 Å². The minimum Gasteiger partial charge on any atom is -0.463 e. The molecule has 344 valence electrons. The van der Waals surface area contributed by atoms with Crippen LogP contribution in [-0.4, -0.2) is 153 Å². The Morgan fingerprint density at radius 1 is 0.639 bits per heavy atom. The molecule has 12 atom stereocenters. The maximum absolute atomic E-state index is 13.5. The zero-order chi connectivity index (χ0) is 46.4. The molecule has 23 heteroatoms. The molecule has 61 heavy (non-hydrogen) atoms.